The van der Waals surface area contributed by atoms with E-state index in [-0.39, 0.29) is 22.4 Å². The van der Waals surface area contributed by atoms with E-state index in [0.29, 0.717) is 10.7 Å². The summed E-state index contributed by atoms with van der Waals surface area (Å²) in [6, 6.07) is 13.0. The summed E-state index contributed by atoms with van der Waals surface area (Å²) in [5.74, 6) is -0.794. The maximum Gasteiger partial charge on any atom is 0.253 e. The van der Waals surface area contributed by atoms with Gasteiger partial charge in [-0.2, -0.15) is 0 Å². The van der Waals surface area contributed by atoms with Gasteiger partial charge in [0.15, 0.2) is 0 Å². The first-order valence-corrected chi connectivity index (χ1v) is 8.26. The third-order valence-electron chi connectivity index (χ3n) is 3.45. The second-order valence-electron chi connectivity index (χ2n) is 5.67. The number of amides is 2. The molecule has 0 unspecified atom stereocenters. The summed E-state index contributed by atoms with van der Waals surface area (Å²) in [5, 5.41) is 6.22. The molecule has 0 heterocycles. The van der Waals surface area contributed by atoms with Crippen molar-refractivity contribution in [1.82, 2.24) is 5.32 Å². The van der Waals surface area contributed by atoms with Gasteiger partial charge in [-0.1, -0.05) is 55.2 Å². The maximum atomic E-state index is 12.5. The standard InChI is InChI=1S/C18H18Cl2N2O2/c1-11(2)16(18(24)21-13-6-4-3-5-7-13)22-17(23)14-9-8-12(19)10-15(14)20/h3-11,16H,1-2H3,(H,21,24)(H,22,23)/t16-/m0/s1. The third-order valence-corrected chi connectivity index (χ3v) is 4.00. The van der Waals surface area contributed by atoms with Crippen LogP contribution in [0.1, 0.15) is 24.2 Å². The highest BCUT2D eigenvalue weighted by atomic mass is 35.5. The van der Waals surface area contributed by atoms with Crippen molar-refractivity contribution in [3.63, 3.8) is 0 Å². The number of anilines is 1. The summed E-state index contributed by atoms with van der Waals surface area (Å²) in [6.07, 6.45) is 0. The molecule has 6 heteroatoms. The van der Waals surface area contributed by atoms with E-state index in [2.05, 4.69) is 10.6 Å². The molecule has 0 radical (unpaired) electrons. The zero-order valence-electron chi connectivity index (χ0n) is 13.3. The topological polar surface area (TPSA) is 58.2 Å². The average molecular weight is 365 g/mol. The quantitative estimate of drug-likeness (QED) is 0.826. The fraction of sp³-hybridized carbons (Fsp3) is 0.222. The van der Waals surface area contributed by atoms with Crippen molar-refractivity contribution in [2.75, 3.05) is 5.32 Å². The first-order valence-electron chi connectivity index (χ1n) is 7.50. The van der Waals surface area contributed by atoms with E-state index in [9.17, 15) is 9.59 Å². The number of carbonyl (C=O) groups is 2. The monoisotopic (exact) mass is 364 g/mol. The van der Waals surface area contributed by atoms with Gasteiger partial charge < -0.3 is 10.6 Å². The van der Waals surface area contributed by atoms with Gasteiger partial charge in [0.2, 0.25) is 5.91 Å². The molecule has 2 aromatic rings. The second kappa shape index (κ2) is 8.18. The SMILES string of the molecule is CC(C)[C@H](NC(=O)c1ccc(Cl)cc1Cl)C(=O)Nc1ccccc1. The van der Waals surface area contributed by atoms with Crippen LogP contribution in [0.2, 0.25) is 10.0 Å². The van der Waals surface area contributed by atoms with E-state index in [4.69, 9.17) is 23.2 Å². The van der Waals surface area contributed by atoms with Crippen molar-refractivity contribution in [2.24, 2.45) is 5.92 Å². The van der Waals surface area contributed by atoms with E-state index in [1.54, 1.807) is 18.2 Å². The van der Waals surface area contributed by atoms with Gasteiger partial charge >= 0.3 is 0 Å². The zero-order valence-corrected chi connectivity index (χ0v) is 14.9. The lowest BCUT2D eigenvalue weighted by atomic mass is 10.0. The molecule has 0 fully saturated rings. The highest BCUT2D eigenvalue weighted by molar-refractivity contribution is 6.36. The number of hydrogen-bond donors (Lipinski definition) is 2. The summed E-state index contributed by atoms with van der Waals surface area (Å²) in [7, 11) is 0. The molecule has 2 amide bonds. The molecule has 0 aliphatic rings. The number of halogens is 2. The summed E-state index contributed by atoms with van der Waals surface area (Å²) in [5.41, 5.74) is 0.950. The van der Waals surface area contributed by atoms with Crippen molar-refractivity contribution in [3.8, 4) is 0 Å². The average Bonchev–Trinajstić information content (AvgIpc) is 2.52. The Morgan fingerprint density at radius 2 is 1.67 bits per heavy atom. The zero-order chi connectivity index (χ0) is 17.7. The van der Waals surface area contributed by atoms with Crippen molar-refractivity contribution < 1.29 is 9.59 Å². The van der Waals surface area contributed by atoms with Crippen LogP contribution in [-0.4, -0.2) is 17.9 Å². The minimum atomic E-state index is -0.690. The Morgan fingerprint density at radius 3 is 2.25 bits per heavy atom. The van der Waals surface area contributed by atoms with Gasteiger partial charge in [-0.25, -0.2) is 0 Å². The molecule has 2 N–H and O–H groups in total. The Hall–Kier alpha value is -2.04. The van der Waals surface area contributed by atoms with Gasteiger partial charge in [0.25, 0.3) is 5.91 Å². The smallest absolute Gasteiger partial charge is 0.253 e. The summed E-state index contributed by atoms with van der Waals surface area (Å²) in [6.45, 7) is 3.72. The Balaban J connectivity index is 2.13. The lowest BCUT2D eigenvalue weighted by molar-refractivity contribution is -0.118. The minimum absolute atomic E-state index is 0.0938. The molecule has 0 aliphatic heterocycles. The van der Waals surface area contributed by atoms with Gasteiger partial charge in [0.1, 0.15) is 6.04 Å². The molecule has 0 spiro atoms. The molecular weight excluding hydrogens is 347 g/mol. The summed E-state index contributed by atoms with van der Waals surface area (Å²) in [4.78, 5) is 24.9. The van der Waals surface area contributed by atoms with Crippen molar-refractivity contribution in [1.29, 1.82) is 0 Å². The van der Waals surface area contributed by atoms with Gasteiger partial charge in [-0.15, -0.1) is 0 Å². The van der Waals surface area contributed by atoms with E-state index in [0.717, 1.165) is 0 Å². The highest BCUT2D eigenvalue weighted by Crippen LogP contribution is 2.21. The molecule has 0 aliphatic carbocycles. The first kappa shape index (κ1) is 18.3. The molecule has 1 atom stereocenters. The van der Waals surface area contributed by atoms with E-state index < -0.39 is 11.9 Å². The lowest BCUT2D eigenvalue weighted by Crippen LogP contribution is -2.47. The van der Waals surface area contributed by atoms with E-state index in [1.807, 2.05) is 32.0 Å². The third kappa shape index (κ3) is 4.73. The highest BCUT2D eigenvalue weighted by Gasteiger charge is 2.25. The predicted molar refractivity (Wildman–Crippen MR) is 97.6 cm³/mol. The van der Waals surface area contributed by atoms with Crippen molar-refractivity contribution in [3.05, 3.63) is 64.1 Å². The van der Waals surface area contributed by atoms with Crippen LogP contribution in [0.4, 0.5) is 5.69 Å². The normalized spacial score (nSPS) is 11.9. The second-order valence-corrected chi connectivity index (χ2v) is 6.52. The van der Waals surface area contributed by atoms with Crippen LogP contribution in [0.5, 0.6) is 0 Å². The molecule has 0 bridgehead atoms. The molecule has 126 valence electrons. The fourth-order valence-corrected chi connectivity index (χ4v) is 2.66. The Labute approximate surface area is 151 Å². The number of hydrogen-bond acceptors (Lipinski definition) is 2. The number of benzene rings is 2. The molecule has 2 aromatic carbocycles. The van der Waals surface area contributed by atoms with Crippen LogP contribution in [0.25, 0.3) is 0 Å². The molecule has 0 aromatic heterocycles. The van der Waals surface area contributed by atoms with Crippen LogP contribution in [0.15, 0.2) is 48.5 Å². The van der Waals surface area contributed by atoms with Crippen LogP contribution in [0, 0.1) is 5.92 Å². The van der Waals surface area contributed by atoms with Gasteiger partial charge in [-0.05, 0) is 36.2 Å². The number of nitrogens with one attached hydrogen (secondary N) is 2. The van der Waals surface area contributed by atoms with Crippen molar-refractivity contribution >= 4 is 40.7 Å². The fourth-order valence-electron chi connectivity index (χ4n) is 2.17. The number of carbonyl (C=O) groups excluding carboxylic acids is 2. The number of rotatable bonds is 5. The Kier molecular flexibility index (Phi) is 6.23. The molecule has 24 heavy (non-hydrogen) atoms. The van der Waals surface area contributed by atoms with Crippen LogP contribution in [0.3, 0.4) is 0 Å². The Morgan fingerprint density at radius 1 is 1.00 bits per heavy atom. The molecule has 0 saturated carbocycles. The van der Waals surface area contributed by atoms with E-state index >= 15 is 0 Å². The number of para-hydroxylation sites is 1. The maximum absolute atomic E-state index is 12.5. The Bertz CT molecular complexity index is 733. The summed E-state index contributed by atoms with van der Waals surface area (Å²) >= 11 is 11.9. The van der Waals surface area contributed by atoms with Crippen molar-refractivity contribution in [2.45, 2.75) is 19.9 Å². The van der Waals surface area contributed by atoms with Gasteiger partial charge in [0.05, 0.1) is 10.6 Å². The van der Waals surface area contributed by atoms with Crippen LogP contribution >= 0.6 is 23.2 Å². The van der Waals surface area contributed by atoms with Gasteiger partial charge in [0, 0.05) is 10.7 Å². The lowest BCUT2D eigenvalue weighted by Gasteiger charge is -2.22. The molecule has 2 rings (SSSR count). The van der Waals surface area contributed by atoms with Crippen LogP contribution < -0.4 is 10.6 Å². The largest absolute Gasteiger partial charge is 0.340 e. The van der Waals surface area contributed by atoms with E-state index in [1.165, 1.54) is 12.1 Å². The molecule has 4 nitrogen and oxygen atoms in total. The first-order chi connectivity index (χ1) is 11.4. The minimum Gasteiger partial charge on any atom is -0.340 e. The molecular formula is C18H18Cl2N2O2. The molecule has 0 saturated heterocycles. The summed E-state index contributed by atoms with van der Waals surface area (Å²) < 4.78 is 0. The van der Waals surface area contributed by atoms with Gasteiger partial charge in [-0.3, -0.25) is 9.59 Å². The van der Waals surface area contributed by atoms with Crippen LogP contribution in [-0.2, 0) is 4.79 Å². The predicted octanol–water partition coefficient (Wildman–Crippen LogP) is 4.39.